The van der Waals surface area contributed by atoms with E-state index in [-0.39, 0.29) is 24.4 Å². The lowest BCUT2D eigenvalue weighted by molar-refractivity contribution is -0.130. The number of aromatic nitrogens is 1. The molecule has 28 heavy (non-hydrogen) atoms. The SMILES string of the molecule is CC(C)Nc1ncccc1C(=O)NCC(=O)N1CCN(c2ccccc2)CC1. The molecular formula is C21H27N5O2. The van der Waals surface area contributed by atoms with Gasteiger partial charge in [-0.15, -0.1) is 0 Å². The zero-order chi connectivity index (χ0) is 19.9. The lowest BCUT2D eigenvalue weighted by atomic mass is 10.2. The summed E-state index contributed by atoms with van der Waals surface area (Å²) in [6.45, 7) is 6.82. The van der Waals surface area contributed by atoms with Crippen molar-refractivity contribution in [3.8, 4) is 0 Å². The van der Waals surface area contributed by atoms with Gasteiger partial charge in [-0.2, -0.15) is 0 Å². The molecule has 0 unspecified atom stereocenters. The van der Waals surface area contributed by atoms with E-state index in [0.717, 1.165) is 13.1 Å². The minimum Gasteiger partial charge on any atom is -0.368 e. The Morgan fingerprint density at radius 1 is 1.04 bits per heavy atom. The second-order valence-electron chi connectivity index (χ2n) is 7.08. The topological polar surface area (TPSA) is 77.6 Å². The summed E-state index contributed by atoms with van der Waals surface area (Å²) in [5, 5.41) is 5.88. The number of pyridine rings is 1. The molecule has 2 N–H and O–H groups in total. The van der Waals surface area contributed by atoms with Gasteiger partial charge < -0.3 is 20.4 Å². The molecular weight excluding hydrogens is 354 g/mol. The Kier molecular flexibility index (Phi) is 6.47. The van der Waals surface area contributed by atoms with Crippen LogP contribution in [0.4, 0.5) is 11.5 Å². The lowest BCUT2D eigenvalue weighted by Crippen LogP contribution is -2.51. The van der Waals surface area contributed by atoms with Crippen molar-refractivity contribution < 1.29 is 9.59 Å². The molecule has 1 saturated heterocycles. The predicted octanol–water partition coefficient (Wildman–Crippen LogP) is 1.98. The smallest absolute Gasteiger partial charge is 0.255 e. The van der Waals surface area contributed by atoms with Crippen molar-refractivity contribution in [2.75, 3.05) is 42.9 Å². The van der Waals surface area contributed by atoms with Crippen LogP contribution in [0.2, 0.25) is 0 Å². The Bertz CT molecular complexity index is 801. The largest absolute Gasteiger partial charge is 0.368 e. The minimum atomic E-state index is -0.299. The molecule has 7 nitrogen and oxygen atoms in total. The molecule has 0 bridgehead atoms. The number of hydrogen-bond acceptors (Lipinski definition) is 5. The van der Waals surface area contributed by atoms with Crippen molar-refractivity contribution in [3.05, 3.63) is 54.2 Å². The summed E-state index contributed by atoms with van der Waals surface area (Å²) in [6, 6.07) is 13.8. The van der Waals surface area contributed by atoms with E-state index in [1.165, 1.54) is 5.69 Å². The fraction of sp³-hybridized carbons (Fsp3) is 0.381. The van der Waals surface area contributed by atoms with Crippen molar-refractivity contribution in [2.24, 2.45) is 0 Å². The third-order valence-corrected chi connectivity index (χ3v) is 4.63. The monoisotopic (exact) mass is 381 g/mol. The number of benzene rings is 1. The first-order chi connectivity index (χ1) is 13.5. The highest BCUT2D eigenvalue weighted by atomic mass is 16.2. The quantitative estimate of drug-likeness (QED) is 0.800. The Balaban J connectivity index is 1.50. The zero-order valence-electron chi connectivity index (χ0n) is 16.4. The first kappa shape index (κ1) is 19.7. The van der Waals surface area contributed by atoms with Crippen molar-refractivity contribution in [1.29, 1.82) is 0 Å². The van der Waals surface area contributed by atoms with Crippen molar-refractivity contribution in [1.82, 2.24) is 15.2 Å². The second kappa shape index (κ2) is 9.21. The van der Waals surface area contributed by atoms with E-state index in [9.17, 15) is 9.59 Å². The molecule has 1 aromatic heterocycles. The van der Waals surface area contributed by atoms with E-state index in [0.29, 0.717) is 24.5 Å². The summed E-state index contributed by atoms with van der Waals surface area (Å²) in [4.78, 5) is 33.3. The maximum absolute atomic E-state index is 12.5. The van der Waals surface area contributed by atoms with Gasteiger partial charge in [0.25, 0.3) is 5.91 Å². The number of piperazine rings is 1. The van der Waals surface area contributed by atoms with Gasteiger partial charge in [-0.05, 0) is 38.1 Å². The van der Waals surface area contributed by atoms with Crippen LogP contribution in [0.1, 0.15) is 24.2 Å². The summed E-state index contributed by atoms with van der Waals surface area (Å²) < 4.78 is 0. The van der Waals surface area contributed by atoms with Crippen LogP contribution in [-0.4, -0.2) is 60.5 Å². The molecule has 3 rings (SSSR count). The van der Waals surface area contributed by atoms with Gasteiger partial charge in [-0.3, -0.25) is 9.59 Å². The van der Waals surface area contributed by atoms with Gasteiger partial charge in [-0.25, -0.2) is 4.98 Å². The van der Waals surface area contributed by atoms with Crippen molar-refractivity contribution in [3.63, 3.8) is 0 Å². The average molecular weight is 381 g/mol. The third-order valence-electron chi connectivity index (χ3n) is 4.63. The first-order valence-electron chi connectivity index (χ1n) is 9.62. The molecule has 2 heterocycles. The molecule has 1 aliphatic rings. The van der Waals surface area contributed by atoms with Crippen LogP contribution < -0.4 is 15.5 Å². The van der Waals surface area contributed by atoms with E-state index in [1.807, 2.05) is 32.0 Å². The Labute approximate surface area is 165 Å². The van der Waals surface area contributed by atoms with Gasteiger partial charge in [0.1, 0.15) is 5.82 Å². The molecule has 7 heteroatoms. The van der Waals surface area contributed by atoms with Crippen molar-refractivity contribution >= 4 is 23.3 Å². The van der Waals surface area contributed by atoms with Gasteiger partial charge in [0.2, 0.25) is 5.91 Å². The summed E-state index contributed by atoms with van der Waals surface area (Å²) in [7, 11) is 0. The van der Waals surface area contributed by atoms with Crippen LogP contribution >= 0.6 is 0 Å². The molecule has 0 radical (unpaired) electrons. The van der Waals surface area contributed by atoms with Crippen LogP contribution in [0.3, 0.4) is 0 Å². The third kappa shape index (κ3) is 5.00. The summed E-state index contributed by atoms with van der Waals surface area (Å²) >= 11 is 0. The molecule has 0 atom stereocenters. The number of hydrogen-bond donors (Lipinski definition) is 2. The molecule has 148 valence electrons. The van der Waals surface area contributed by atoms with Crippen LogP contribution in [0, 0.1) is 0 Å². The molecule has 2 amide bonds. The lowest BCUT2D eigenvalue weighted by Gasteiger charge is -2.36. The predicted molar refractivity (Wildman–Crippen MR) is 111 cm³/mol. The zero-order valence-corrected chi connectivity index (χ0v) is 16.4. The molecule has 0 aliphatic carbocycles. The Morgan fingerprint density at radius 2 is 1.75 bits per heavy atom. The Hall–Kier alpha value is -3.09. The number of rotatable bonds is 6. The number of anilines is 2. The summed E-state index contributed by atoms with van der Waals surface area (Å²) in [6.07, 6.45) is 1.64. The maximum atomic E-state index is 12.5. The van der Waals surface area contributed by atoms with E-state index < -0.39 is 0 Å². The number of nitrogens with one attached hydrogen (secondary N) is 2. The Morgan fingerprint density at radius 3 is 2.43 bits per heavy atom. The number of carbonyl (C=O) groups excluding carboxylic acids is 2. The van der Waals surface area contributed by atoms with Gasteiger partial charge in [0.05, 0.1) is 12.1 Å². The normalized spacial score (nSPS) is 14.1. The molecule has 0 saturated carbocycles. The van der Waals surface area contributed by atoms with Crippen LogP contribution in [0.5, 0.6) is 0 Å². The summed E-state index contributed by atoms with van der Waals surface area (Å²) in [5.41, 5.74) is 1.61. The standard InChI is InChI=1S/C21H27N5O2/c1-16(2)24-20-18(9-6-10-22-20)21(28)23-15-19(27)26-13-11-25(12-14-26)17-7-4-3-5-8-17/h3-10,16H,11-15H2,1-2H3,(H,22,24)(H,23,28). The van der Waals surface area contributed by atoms with Crippen LogP contribution in [0.25, 0.3) is 0 Å². The molecule has 1 fully saturated rings. The molecule has 1 aliphatic heterocycles. The van der Waals surface area contributed by atoms with Gasteiger partial charge in [0, 0.05) is 44.1 Å². The second-order valence-corrected chi connectivity index (χ2v) is 7.08. The van der Waals surface area contributed by atoms with E-state index in [4.69, 9.17) is 0 Å². The van der Waals surface area contributed by atoms with Crippen LogP contribution in [-0.2, 0) is 4.79 Å². The van der Waals surface area contributed by atoms with Gasteiger partial charge in [-0.1, -0.05) is 18.2 Å². The minimum absolute atomic E-state index is 0.0137. The van der Waals surface area contributed by atoms with Crippen molar-refractivity contribution in [2.45, 2.75) is 19.9 Å². The number of carbonyl (C=O) groups is 2. The highest BCUT2D eigenvalue weighted by Crippen LogP contribution is 2.16. The molecule has 1 aromatic carbocycles. The van der Waals surface area contributed by atoms with E-state index >= 15 is 0 Å². The van der Waals surface area contributed by atoms with E-state index in [1.54, 1.807) is 23.2 Å². The fourth-order valence-corrected chi connectivity index (χ4v) is 3.19. The maximum Gasteiger partial charge on any atom is 0.255 e. The number of amides is 2. The highest BCUT2D eigenvalue weighted by molar-refractivity contribution is 6.00. The molecule has 0 spiro atoms. The van der Waals surface area contributed by atoms with E-state index in [2.05, 4.69) is 32.7 Å². The first-order valence-corrected chi connectivity index (χ1v) is 9.62. The summed E-state index contributed by atoms with van der Waals surface area (Å²) in [5.74, 6) is 0.162. The number of para-hydroxylation sites is 1. The molecule has 2 aromatic rings. The van der Waals surface area contributed by atoms with Gasteiger partial charge >= 0.3 is 0 Å². The highest BCUT2D eigenvalue weighted by Gasteiger charge is 2.22. The van der Waals surface area contributed by atoms with Crippen LogP contribution in [0.15, 0.2) is 48.7 Å². The average Bonchev–Trinajstić information content (AvgIpc) is 2.72. The number of nitrogens with zero attached hydrogens (tertiary/aromatic N) is 3. The van der Waals surface area contributed by atoms with Gasteiger partial charge in [0.15, 0.2) is 0 Å². The fourth-order valence-electron chi connectivity index (χ4n) is 3.19.